The smallest absolute Gasteiger partial charge is 0.410 e. The first kappa shape index (κ1) is 16.1. The molecular weight excluding hydrogens is 272 g/mol. The van der Waals surface area contributed by atoms with E-state index in [0.29, 0.717) is 6.61 Å². The molecule has 21 heavy (non-hydrogen) atoms. The summed E-state index contributed by atoms with van der Waals surface area (Å²) in [6, 6.07) is 0.0892. The SMILES string of the molecule is CN(C(=O)OC(C)(C)C)C1CCN(C2CCOC2=O)CC1. The molecule has 2 saturated heterocycles. The Morgan fingerprint density at radius 2 is 1.90 bits per heavy atom. The van der Waals surface area contributed by atoms with Gasteiger partial charge in [-0.05, 0) is 33.6 Å². The van der Waals surface area contributed by atoms with E-state index in [9.17, 15) is 9.59 Å². The highest BCUT2D eigenvalue weighted by atomic mass is 16.6. The zero-order valence-electron chi connectivity index (χ0n) is 13.4. The largest absolute Gasteiger partial charge is 0.464 e. The van der Waals surface area contributed by atoms with Crippen molar-refractivity contribution in [2.75, 3.05) is 26.7 Å². The molecule has 0 saturated carbocycles. The second-order valence-electron chi connectivity index (χ2n) is 6.83. The maximum atomic E-state index is 12.1. The van der Waals surface area contributed by atoms with E-state index < -0.39 is 5.60 Å². The summed E-state index contributed by atoms with van der Waals surface area (Å²) in [4.78, 5) is 27.5. The average Bonchev–Trinajstić information content (AvgIpc) is 2.82. The highest BCUT2D eigenvalue weighted by Gasteiger charge is 2.36. The number of likely N-dealkylation sites (tertiary alicyclic amines) is 1. The van der Waals surface area contributed by atoms with Crippen molar-refractivity contribution in [2.45, 2.75) is 57.7 Å². The van der Waals surface area contributed by atoms with Crippen molar-refractivity contribution in [3.05, 3.63) is 0 Å². The average molecular weight is 298 g/mol. The van der Waals surface area contributed by atoms with E-state index in [4.69, 9.17) is 9.47 Å². The van der Waals surface area contributed by atoms with Crippen LogP contribution in [0.25, 0.3) is 0 Å². The van der Waals surface area contributed by atoms with Gasteiger partial charge in [0, 0.05) is 32.6 Å². The van der Waals surface area contributed by atoms with Gasteiger partial charge >= 0.3 is 12.1 Å². The third-order valence-corrected chi connectivity index (χ3v) is 4.08. The number of rotatable bonds is 2. The maximum Gasteiger partial charge on any atom is 0.410 e. The first-order chi connectivity index (χ1) is 9.78. The predicted octanol–water partition coefficient (Wildman–Crippen LogP) is 1.63. The van der Waals surface area contributed by atoms with Gasteiger partial charge in [0.25, 0.3) is 0 Å². The molecule has 120 valence electrons. The molecule has 1 atom stereocenters. The van der Waals surface area contributed by atoms with E-state index in [-0.39, 0.29) is 24.1 Å². The number of cyclic esters (lactones) is 1. The second kappa shape index (κ2) is 6.22. The second-order valence-corrected chi connectivity index (χ2v) is 6.83. The number of esters is 1. The van der Waals surface area contributed by atoms with Gasteiger partial charge in [-0.2, -0.15) is 0 Å². The van der Waals surface area contributed by atoms with Crippen LogP contribution in [0.15, 0.2) is 0 Å². The summed E-state index contributed by atoms with van der Waals surface area (Å²) in [6.07, 6.45) is 2.23. The van der Waals surface area contributed by atoms with E-state index in [1.807, 2.05) is 20.8 Å². The molecule has 0 spiro atoms. The van der Waals surface area contributed by atoms with Crippen LogP contribution in [0.3, 0.4) is 0 Å². The normalized spacial score (nSPS) is 24.8. The number of amides is 1. The van der Waals surface area contributed by atoms with E-state index >= 15 is 0 Å². The highest BCUT2D eigenvalue weighted by molar-refractivity contribution is 5.77. The van der Waals surface area contributed by atoms with Crippen LogP contribution in [-0.4, -0.2) is 66.3 Å². The molecule has 2 aliphatic heterocycles. The molecule has 0 aliphatic carbocycles. The Morgan fingerprint density at radius 3 is 2.38 bits per heavy atom. The summed E-state index contributed by atoms with van der Waals surface area (Å²) < 4.78 is 10.4. The Labute approximate surface area is 126 Å². The fraction of sp³-hybridized carbons (Fsp3) is 0.867. The molecule has 0 N–H and O–H groups in total. The Bertz CT molecular complexity index is 397. The number of carbonyl (C=O) groups is 2. The molecule has 0 aromatic heterocycles. The predicted molar refractivity (Wildman–Crippen MR) is 78.0 cm³/mol. The van der Waals surface area contributed by atoms with Crippen molar-refractivity contribution in [1.82, 2.24) is 9.80 Å². The lowest BCUT2D eigenvalue weighted by Gasteiger charge is -2.38. The van der Waals surface area contributed by atoms with Crippen LogP contribution in [0.1, 0.15) is 40.0 Å². The number of hydrogen-bond acceptors (Lipinski definition) is 5. The van der Waals surface area contributed by atoms with Crippen molar-refractivity contribution < 1.29 is 19.1 Å². The van der Waals surface area contributed by atoms with E-state index in [1.165, 1.54) is 0 Å². The summed E-state index contributed by atoms with van der Waals surface area (Å²) in [5, 5.41) is 0. The Morgan fingerprint density at radius 1 is 1.29 bits per heavy atom. The molecule has 2 fully saturated rings. The monoisotopic (exact) mass is 298 g/mol. The summed E-state index contributed by atoms with van der Waals surface area (Å²) in [5.41, 5.74) is -0.473. The fourth-order valence-electron chi connectivity index (χ4n) is 2.88. The first-order valence-electron chi connectivity index (χ1n) is 7.64. The lowest BCUT2D eigenvalue weighted by atomic mass is 10.0. The van der Waals surface area contributed by atoms with Crippen molar-refractivity contribution in [1.29, 1.82) is 0 Å². The number of hydrogen-bond donors (Lipinski definition) is 0. The molecule has 1 unspecified atom stereocenters. The van der Waals surface area contributed by atoms with Crippen LogP contribution in [0.4, 0.5) is 4.79 Å². The molecule has 0 bridgehead atoms. The van der Waals surface area contributed by atoms with E-state index in [2.05, 4.69) is 4.90 Å². The third kappa shape index (κ3) is 4.09. The van der Waals surface area contributed by atoms with Gasteiger partial charge in [-0.1, -0.05) is 0 Å². The zero-order valence-corrected chi connectivity index (χ0v) is 13.4. The van der Waals surface area contributed by atoms with Gasteiger partial charge in [-0.3, -0.25) is 9.69 Å². The van der Waals surface area contributed by atoms with Crippen molar-refractivity contribution >= 4 is 12.1 Å². The molecular formula is C15H26N2O4. The molecule has 0 aromatic rings. The van der Waals surface area contributed by atoms with Gasteiger partial charge in [0.2, 0.25) is 0 Å². The number of ether oxygens (including phenoxy) is 2. The molecule has 1 amide bonds. The minimum Gasteiger partial charge on any atom is -0.464 e. The third-order valence-electron chi connectivity index (χ3n) is 4.08. The van der Waals surface area contributed by atoms with Gasteiger partial charge in [-0.25, -0.2) is 4.79 Å². The molecule has 2 aliphatic rings. The van der Waals surface area contributed by atoms with Gasteiger partial charge in [0.1, 0.15) is 11.6 Å². The van der Waals surface area contributed by atoms with Crippen LogP contribution < -0.4 is 0 Å². The number of piperidine rings is 1. The van der Waals surface area contributed by atoms with Crippen LogP contribution in [-0.2, 0) is 14.3 Å². The lowest BCUT2D eigenvalue weighted by Crippen LogP contribution is -2.50. The summed E-state index contributed by atoms with van der Waals surface area (Å²) in [7, 11) is 1.79. The minimum atomic E-state index is -0.473. The zero-order chi connectivity index (χ0) is 15.6. The van der Waals surface area contributed by atoms with Crippen LogP contribution in [0, 0.1) is 0 Å². The fourth-order valence-corrected chi connectivity index (χ4v) is 2.88. The van der Waals surface area contributed by atoms with Crippen LogP contribution in [0.2, 0.25) is 0 Å². The highest BCUT2D eigenvalue weighted by Crippen LogP contribution is 2.23. The van der Waals surface area contributed by atoms with Crippen LogP contribution in [0.5, 0.6) is 0 Å². The minimum absolute atomic E-state index is 0.0854. The Balaban J connectivity index is 1.83. The number of nitrogens with zero attached hydrogens (tertiary/aromatic N) is 2. The molecule has 6 nitrogen and oxygen atoms in total. The molecule has 2 heterocycles. The summed E-state index contributed by atoms with van der Waals surface area (Å²) in [5.74, 6) is -0.103. The Hall–Kier alpha value is -1.30. The van der Waals surface area contributed by atoms with Gasteiger partial charge in [-0.15, -0.1) is 0 Å². The van der Waals surface area contributed by atoms with E-state index in [0.717, 1.165) is 32.4 Å². The van der Waals surface area contributed by atoms with Gasteiger partial charge in [0.15, 0.2) is 0 Å². The first-order valence-corrected chi connectivity index (χ1v) is 7.64. The van der Waals surface area contributed by atoms with Gasteiger partial charge in [0.05, 0.1) is 6.61 Å². The summed E-state index contributed by atoms with van der Waals surface area (Å²) >= 11 is 0. The Kier molecular flexibility index (Phi) is 4.76. The lowest BCUT2D eigenvalue weighted by molar-refractivity contribution is -0.142. The topological polar surface area (TPSA) is 59.1 Å². The summed E-state index contributed by atoms with van der Waals surface area (Å²) in [6.45, 7) is 7.77. The number of carbonyl (C=O) groups excluding carboxylic acids is 2. The standard InChI is InChI=1S/C15H26N2O4/c1-15(2,3)21-14(19)16(4)11-5-8-17(9-6-11)12-7-10-20-13(12)18/h11-12H,5-10H2,1-4H3. The molecule has 6 heteroatoms. The van der Waals surface area contributed by atoms with Crippen molar-refractivity contribution in [3.8, 4) is 0 Å². The molecule has 0 aromatic carbocycles. The van der Waals surface area contributed by atoms with Crippen molar-refractivity contribution in [2.24, 2.45) is 0 Å². The molecule has 2 rings (SSSR count). The van der Waals surface area contributed by atoms with E-state index in [1.54, 1.807) is 11.9 Å². The van der Waals surface area contributed by atoms with Crippen LogP contribution >= 0.6 is 0 Å². The molecule has 0 radical (unpaired) electrons. The van der Waals surface area contributed by atoms with Crippen molar-refractivity contribution in [3.63, 3.8) is 0 Å². The maximum absolute atomic E-state index is 12.1. The van der Waals surface area contributed by atoms with Gasteiger partial charge < -0.3 is 14.4 Å². The quantitative estimate of drug-likeness (QED) is 0.725.